The minimum absolute atomic E-state index is 0.0505. The second-order valence-electron chi connectivity index (χ2n) is 9.29. The number of halogens is 1. The van der Waals surface area contributed by atoms with Gasteiger partial charge in [-0.2, -0.15) is 4.37 Å². The topological polar surface area (TPSA) is 141 Å². The summed E-state index contributed by atoms with van der Waals surface area (Å²) in [4.78, 5) is 41.2. The average molecular weight is 540 g/mol. The Kier molecular flexibility index (Phi) is 8.26. The van der Waals surface area contributed by atoms with Crippen LogP contribution in [0, 0.1) is 12.7 Å². The predicted octanol–water partition coefficient (Wildman–Crippen LogP) is 4.12. The van der Waals surface area contributed by atoms with E-state index >= 15 is 0 Å². The molecule has 5 N–H and O–H groups in total. The fourth-order valence-corrected chi connectivity index (χ4v) is 5.42. The van der Waals surface area contributed by atoms with Gasteiger partial charge in [-0.3, -0.25) is 19.3 Å². The highest BCUT2D eigenvalue weighted by Gasteiger charge is 2.38. The molecule has 1 heterocycles. The van der Waals surface area contributed by atoms with Crippen molar-refractivity contribution >= 4 is 40.6 Å². The van der Waals surface area contributed by atoms with Crippen molar-refractivity contribution in [2.75, 3.05) is 17.7 Å². The minimum Gasteiger partial charge on any atom is -0.495 e. The third kappa shape index (κ3) is 5.62. The summed E-state index contributed by atoms with van der Waals surface area (Å²) in [5.41, 5.74) is 12.6. The number of aromatic nitrogens is 1. The lowest BCUT2D eigenvalue weighted by Gasteiger charge is -2.34. The molecule has 1 aromatic heterocycles. The van der Waals surface area contributed by atoms with Crippen molar-refractivity contribution in [2.45, 2.75) is 51.1 Å². The standard InChI is InChI=1S/C27H30FN5O4S/c1-15-8-13-20(37-2)19(14-15)33(27(36)24-21(29)22(25(30)34)32-38-24)23(16-9-11-17(28)12-10-16)26(35)31-18-6-4-3-5-7-18/h8-14,18,23H,3-7,29H2,1-2H3,(H2,30,34)(H,31,35). The van der Waals surface area contributed by atoms with Crippen LogP contribution in [0.25, 0.3) is 0 Å². The number of aryl methyl sites for hydroxylation is 1. The molecule has 3 amide bonds. The summed E-state index contributed by atoms with van der Waals surface area (Å²) in [6.45, 7) is 1.84. The molecule has 1 unspecified atom stereocenters. The number of nitrogens with one attached hydrogen (secondary N) is 1. The number of carbonyl (C=O) groups is 3. The molecular formula is C27H30FN5O4S. The van der Waals surface area contributed by atoms with Gasteiger partial charge >= 0.3 is 0 Å². The second kappa shape index (κ2) is 11.6. The summed E-state index contributed by atoms with van der Waals surface area (Å²) in [7, 11) is 1.46. The van der Waals surface area contributed by atoms with Gasteiger partial charge in [0.2, 0.25) is 5.91 Å². The van der Waals surface area contributed by atoms with Gasteiger partial charge in [0.05, 0.1) is 18.5 Å². The Morgan fingerprint density at radius 1 is 1.13 bits per heavy atom. The normalized spacial score (nSPS) is 14.5. The molecule has 2 aromatic carbocycles. The van der Waals surface area contributed by atoms with E-state index in [0.29, 0.717) is 28.5 Å². The van der Waals surface area contributed by atoms with E-state index in [1.165, 1.54) is 36.3 Å². The predicted molar refractivity (Wildman–Crippen MR) is 144 cm³/mol. The summed E-state index contributed by atoms with van der Waals surface area (Å²) >= 11 is 0.716. The molecule has 0 saturated heterocycles. The maximum atomic E-state index is 14.2. The Hall–Kier alpha value is -3.99. The smallest absolute Gasteiger partial charge is 0.273 e. The van der Waals surface area contributed by atoms with E-state index in [4.69, 9.17) is 16.2 Å². The maximum Gasteiger partial charge on any atom is 0.273 e. The number of hydrogen-bond donors (Lipinski definition) is 3. The molecule has 1 atom stereocenters. The van der Waals surface area contributed by atoms with E-state index in [1.54, 1.807) is 12.1 Å². The minimum atomic E-state index is -1.21. The molecule has 9 nitrogen and oxygen atoms in total. The molecular weight excluding hydrogens is 509 g/mol. The second-order valence-corrected chi connectivity index (χ2v) is 10.1. The Bertz CT molecular complexity index is 1340. The number of rotatable bonds is 8. The summed E-state index contributed by atoms with van der Waals surface area (Å²) in [6, 6.07) is 9.36. The first-order valence-corrected chi connectivity index (χ1v) is 13.1. The van der Waals surface area contributed by atoms with Crippen molar-refractivity contribution in [3.63, 3.8) is 0 Å². The van der Waals surface area contributed by atoms with Crippen molar-refractivity contribution < 1.29 is 23.5 Å². The van der Waals surface area contributed by atoms with E-state index in [9.17, 15) is 18.8 Å². The third-order valence-corrected chi connectivity index (χ3v) is 7.46. The van der Waals surface area contributed by atoms with Crippen LogP contribution in [-0.2, 0) is 4.79 Å². The Morgan fingerprint density at radius 3 is 2.42 bits per heavy atom. The number of ether oxygens (including phenoxy) is 1. The van der Waals surface area contributed by atoms with E-state index in [1.807, 2.05) is 13.0 Å². The van der Waals surface area contributed by atoms with Crippen molar-refractivity contribution in [1.29, 1.82) is 0 Å². The Balaban J connectivity index is 1.90. The number of nitrogen functional groups attached to an aromatic ring is 1. The molecule has 0 spiro atoms. The molecule has 1 fully saturated rings. The SMILES string of the molecule is COc1ccc(C)cc1N(C(=O)c1snc(C(N)=O)c1N)C(C(=O)NC1CCCCC1)c1ccc(F)cc1. The fourth-order valence-electron chi connectivity index (χ4n) is 4.68. The van der Waals surface area contributed by atoms with E-state index < -0.39 is 29.6 Å². The zero-order chi connectivity index (χ0) is 27.4. The van der Waals surface area contributed by atoms with E-state index in [0.717, 1.165) is 37.7 Å². The highest BCUT2D eigenvalue weighted by Crippen LogP contribution is 2.39. The van der Waals surface area contributed by atoms with Gasteiger partial charge in [0.25, 0.3) is 11.8 Å². The summed E-state index contributed by atoms with van der Waals surface area (Å²) in [6.07, 6.45) is 4.74. The number of primary amides is 1. The lowest BCUT2D eigenvalue weighted by molar-refractivity contribution is -0.123. The summed E-state index contributed by atoms with van der Waals surface area (Å²) in [5.74, 6) is -2.13. The lowest BCUT2D eigenvalue weighted by Crippen LogP contribution is -2.47. The quantitative estimate of drug-likeness (QED) is 0.393. The Morgan fingerprint density at radius 2 is 1.82 bits per heavy atom. The van der Waals surface area contributed by atoms with Crippen molar-refractivity contribution in [2.24, 2.45) is 5.73 Å². The number of nitrogens with two attached hydrogens (primary N) is 2. The third-order valence-electron chi connectivity index (χ3n) is 6.61. The maximum absolute atomic E-state index is 14.2. The molecule has 200 valence electrons. The van der Waals surface area contributed by atoms with Gasteiger partial charge in [-0.1, -0.05) is 37.5 Å². The molecule has 0 aliphatic heterocycles. The molecule has 4 rings (SSSR count). The average Bonchev–Trinajstić information content (AvgIpc) is 3.29. The van der Waals surface area contributed by atoms with Gasteiger partial charge in [0, 0.05) is 6.04 Å². The molecule has 38 heavy (non-hydrogen) atoms. The van der Waals surface area contributed by atoms with Gasteiger partial charge in [-0.05, 0) is 66.7 Å². The summed E-state index contributed by atoms with van der Waals surface area (Å²) < 4.78 is 23.4. The number of benzene rings is 2. The van der Waals surface area contributed by atoms with Crippen LogP contribution < -0.4 is 26.4 Å². The van der Waals surface area contributed by atoms with Crippen LogP contribution in [0.5, 0.6) is 5.75 Å². The first-order valence-electron chi connectivity index (χ1n) is 12.3. The zero-order valence-electron chi connectivity index (χ0n) is 21.2. The number of nitrogens with zero attached hydrogens (tertiary/aromatic N) is 2. The fraction of sp³-hybridized carbons (Fsp3) is 0.333. The number of amides is 3. The van der Waals surface area contributed by atoms with Gasteiger partial charge in [0.1, 0.15) is 22.5 Å². The highest BCUT2D eigenvalue weighted by molar-refractivity contribution is 7.09. The number of methoxy groups -OCH3 is 1. The molecule has 0 bridgehead atoms. The van der Waals surface area contributed by atoms with Crippen molar-refractivity contribution in [1.82, 2.24) is 9.69 Å². The molecule has 1 aliphatic rings. The van der Waals surface area contributed by atoms with Crippen LogP contribution in [0.15, 0.2) is 42.5 Å². The lowest BCUT2D eigenvalue weighted by atomic mass is 9.94. The van der Waals surface area contributed by atoms with Gasteiger partial charge in [-0.15, -0.1) is 0 Å². The van der Waals surface area contributed by atoms with Crippen LogP contribution in [0.1, 0.15) is 69.4 Å². The number of carbonyl (C=O) groups excluding carboxylic acids is 3. The van der Waals surface area contributed by atoms with Gasteiger partial charge in [0.15, 0.2) is 5.69 Å². The first kappa shape index (κ1) is 27.1. The molecule has 1 saturated carbocycles. The molecule has 0 radical (unpaired) electrons. The van der Waals surface area contributed by atoms with Crippen LogP contribution in [0.2, 0.25) is 0 Å². The molecule has 3 aromatic rings. The highest BCUT2D eigenvalue weighted by atomic mass is 32.1. The monoisotopic (exact) mass is 539 g/mol. The largest absolute Gasteiger partial charge is 0.495 e. The molecule has 11 heteroatoms. The van der Waals surface area contributed by atoms with Gasteiger partial charge < -0.3 is 21.5 Å². The van der Waals surface area contributed by atoms with Crippen LogP contribution in [-0.4, -0.2) is 35.2 Å². The number of anilines is 2. The van der Waals surface area contributed by atoms with Crippen LogP contribution in [0.4, 0.5) is 15.8 Å². The molecule has 1 aliphatic carbocycles. The van der Waals surface area contributed by atoms with Crippen LogP contribution in [0.3, 0.4) is 0 Å². The Labute approximate surface area is 224 Å². The zero-order valence-corrected chi connectivity index (χ0v) is 22.0. The van der Waals surface area contributed by atoms with Crippen molar-refractivity contribution in [3.05, 3.63) is 70.0 Å². The van der Waals surface area contributed by atoms with E-state index in [-0.39, 0.29) is 22.3 Å². The van der Waals surface area contributed by atoms with E-state index in [2.05, 4.69) is 9.69 Å². The van der Waals surface area contributed by atoms with Crippen LogP contribution >= 0.6 is 11.5 Å². The van der Waals surface area contributed by atoms with Crippen molar-refractivity contribution in [3.8, 4) is 5.75 Å². The first-order chi connectivity index (χ1) is 18.2. The van der Waals surface area contributed by atoms with Gasteiger partial charge in [-0.25, -0.2) is 4.39 Å². The number of hydrogen-bond acceptors (Lipinski definition) is 7. The summed E-state index contributed by atoms with van der Waals surface area (Å²) in [5, 5.41) is 3.09.